The minimum atomic E-state index is -3.06. The first kappa shape index (κ1) is 17.3. The standard InChI is InChI=1S/C16H12ClF2N3O3/c17-11-3-1-2-9(6-11)14-12(25-15(18)19)4-5-13(22-14)16(23,24)10-7-20-21-8-10/h1-8,15,23-24H,(H,20,21). The van der Waals surface area contributed by atoms with Crippen molar-refractivity contribution < 1.29 is 23.7 Å². The van der Waals surface area contributed by atoms with Crippen LogP contribution in [-0.2, 0) is 5.79 Å². The molecule has 6 nitrogen and oxygen atoms in total. The van der Waals surface area contributed by atoms with Crippen molar-refractivity contribution >= 4 is 11.6 Å². The van der Waals surface area contributed by atoms with E-state index in [1.165, 1.54) is 30.6 Å². The van der Waals surface area contributed by atoms with Gasteiger partial charge < -0.3 is 14.9 Å². The predicted octanol–water partition coefficient (Wildman–Crippen LogP) is 2.91. The number of ether oxygens (including phenoxy) is 1. The maximum Gasteiger partial charge on any atom is 0.387 e. The molecule has 3 aromatic rings. The van der Waals surface area contributed by atoms with Gasteiger partial charge in [-0.3, -0.25) is 5.10 Å². The average molecular weight is 368 g/mol. The van der Waals surface area contributed by atoms with Crippen molar-refractivity contribution in [2.45, 2.75) is 12.4 Å². The van der Waals surface area contributed by atoms with E-state index in [9.17, 15) is 19.0 Å². The van der Waals surface area contributed by atoms with Gasteiger partial charge in [-0.05, 0) is 24.3 Å². The van der Waals surface area contributed by atoms with Gasteiger partial charge in [-0.2, -0.15) is 13.9 Å². The lowest BCUT2D eigenvalue weighted by Crippen LogP contribution is -2.27. The largest absolute Gasteiger partial charge is 0.432 e. The molecule has 25 heavy (non-hydrogen) atoms. The van der Waals surface area contributed by atoms with E-state index in [0.29, 0.717) is 10.6 Å². The summed E-state index contributed by atoms with van der Waals surface area (Å²) in [4.78, 5) is 4.11. The van der Waals surface area contributed by atoms with Gasteiger partial charge in [-0.15, -0.1) is 0 Å². The number of alkyl halides is 2. The molecule has 3 N–H and O–H groups in total. The molecule has 0 radical (unpaired) electrons. The first-order chi connectivity index (χ1) is 11.9. The Morgan fingerprint density at radius 2 is 2.00 bits per heavy atom. The van der Waals surface area contributed by atoms with E-state index < -0.39 is 12.4 Å². The normalized spacial score (nSPS) is 11.8. The van der Waals surface area contributed by atoms with Crippen LogP contribution in [-0.4, -0.2) is 32.0 Å². The molecule has 0 fully saturated rings. The average Bonchev–Trinajstić information content (AvgIpc) is 3.10. The Balaban J connectivity index is 2.13. The second kappa shape index (κ2) is 6.75. The van der Waals surface area contributed by atoms with Crippen LogP contribution < -0.4 is 4.74 Å². The number of aromatic amines is 1. The molecule has 0 aliphatic carbocycles. The van der Waals surface area contributed by atoms with Crippen molar-refractivity contribution in [2.75, 3.05) is 0 Å². The molecule has 130 valence electrons. The molecule has 3 rings (SSSR count). The molecule has 2 heterocycles. The maximum atomic E-state index is 12.7. The third-order valence-corrected chi connectivity index (χ3v) is 3.67. The number of nitrogens with one attached hydrogen (secondary N) is 1. The quantitative estimate of drug-likeness (QED) is 0.603. The van der Waals surface area contributed by atoms with Crippen LogP contribution in [0.5, 0.6) is 5.75 Å². The van der Waals surface area contributed by atoms with E-state index in [1.54, 1.807) is 18.2 Å². The van der Waals surface area contributed by atoms with E-state index >= 15 is 0 Å². The van der Waals surface area contributed by atoms with E-state index in [2.05, 4.69) is 19.9 Å². The topological polar surface area (TPSA) is 91.3 Å². The van der Waals surface area contributed by atoms with Gasteiger partial charge in [0.15, 0.2) is 5.75 Å². The Labute approximate surface area is 145 Å². The van der Waals surface area contributed by atoms with Crippen LogP contribution in [0.25, 0.3) is 11.3 Å². The third-order valence-electron chi connectivity index (χ3n) is 3.43. The Kier molecular flexibility index (Phi) is 4.67. The Morgan fingerprint density at radius 3 is 2.64 bits per heavy atom. The summed E-state index contributed by atoms with van der Waals surface area (Å²) in [5, 5.41) is 27.2. The number of aromatic nitrogens is 3. The van der Waals surface area contributed by atoms with Crippen molar-refractivity contribution in [3.8, 4) is 17.0 Å². The number of H-pyrrole nitrogens is 1. The fourth-order valence-corrected chi connectivity index (χ4v) is 2.45. The smallest absolute Gasteiger partial charge is 0.387 e. The predicted molar refractivity (Wildman–Crippen MR) is 85.1 cm³/mol. The zero-order valence-corrected chi connectivity index (χ0v) is 13.3. The van der Waals surface area contributed by atoms with Crippen LogP contribution in [0.1, 0.15) is 11.3 Å². The second-order valence-corrected chi connectivity index (χ2v) is 5.53. The van der Waals surface area contributed by atoms with Gasteiger partial charge in [0, 0.05) is 16.8 Å². The van der Waals surface area contributed by atoms with Crippen LogP contribution >= 0.6 is 11.6 Å². The van der Waals surface area contributed by atoms with E-state index in [1.807, 2.05) is 0 Å². The molecule has 0 atom stereocenters. The molecule has 0 unspecified atom stereocenters. The van der Waals surface area contributed by atoms with Crippen LogP contribution in [0.2, 0.25) is 5.02 Å². The summed E-state index contributed by atoms with van der Waals surface area (Å²) in [6.45, 7) is -3.06. The zero-order chi connectivity index (χ0) is 18.0. The van der Waals surface area contributed by atoms with E-state index in [4.69, 9.17) is 11.6 Å². The first-order valence-corrected chi connectivity index (χ1v) is 7.42. The minimum absolute atomic E-state index is 0.00345. The van der Waals surface area contributed by atoms with Crippen molar-refractivity contribution in [1.82, 2.24) is 15.2 Å². The summed E-state index contributed by atoms with van der Waals surface area (Å²) >= 11 is 5.94. The maximum absolute atomic E-state index is 12.7. The summed E-state index contributed by atoms with van der Waals surface area (Å²) in [5.74, 6) is -2.69. The number of nitrogens with zero attached hydrogens (tertiary/aromatic N) is 2. The molecule has 2 aromatic heterocycles. The lowest BCUT2D eigenvalue weighted by molar-refractivity contribution is -0.135. The lowest BCUT2D eigenvalue weighted by atomic mass is 10.0. The van der Waals surface area contributed by atoms with Gasteiger partial charge in [-0.1, -0.05) is 23.7 Å². The molecular weight excluding hydrogens is 356 g/mol. The molecule has 0 aliphatic heterocycles. The monoisotopic (exact) mass is 367 g/mol. The molecular formula is C16H12ClF2N3O3. The molecule has 0 bridgehead atoms. The number of rotatable bonds is 5. The SMILES string of the molecule is OC(O)(c1cn[nH]c1)c1ccc(OC(F)F)c(-c2cccc(Cl)c2)n1. The van der Waals surface area contributed by atoms with Crippen LogP contribution in [0.3, 0.4) is 0 Å². The number of aliphatic hydroxyl groups is 2. The molecule has 0 aliphatic rings. The van der Waals surface area contributed by atoms with Gasteiger partial charge >= 0.3 is 6.61 Å². The first-order valence-electron chi connectivity index (χ1n) is 7.04. The van der Waals surface area contributed by atoms with Gasteiger partial charge in [0.05, 0.1) is 11.8 Å². The van der Waals surface area contributed by atoms with Crippen LogP contribution in [0, 0.1) is 0 Å². The highest BCUT2D eigenvalue weighted by Crippen LogP contribution is 2.34. The Bertz CT molecular complexity index is 873. The summed E-state index contributed by atoms with van der Waals surface area (Å²) in [6, 6.07) is 8.67. The fourth-order valence-electron chi connectivity index (χ4n) is 2.26. The number of pyridine rings is 1. The Hall–Kier alpha value is -2.55. The van der Waals surface area contributed by atoms with Gasteiger partial charge in [-0.25, -0.2) is 4.98 Å². The molecule has 0 spiro atoms. The lowest BCUT2D eigenvalue weighted by Gasteiger charge is -2.21. The van der Waals surface area contributed by atoms with E-state index in [-0.39, 0.29) is 22.7 Å². The second-order valence-electron chi connectivity index (χ2n) is 5.09. The van der Waals surface area contributed by atoms with Crippen molar-refractivity contribution in [3.05, 3.63) is 65.1 Å². The molecule has 9 heteroatoms. The minimum Gasteiger partial charge on any atom is -0.432 e. The number of benzene rings is 1. The molecule has 0 amide bonds. The highest BCUT2D eigenvalue weighted by atomic mass is 35.5. The summed E-state index contributed by atoms with van der Waals surface area (Å²) < 4.78 is 29.8. The molecule has 0 saturated heterocycles. The highest BCUT2D eigenvalue weighted by Gasteiger charge is 2.32. The number of hydrogen-bond acceptors (Lipinski definition) is 5. The Morgan fingerprint density at radius 1 is 1.20 bits per heavy atom. The van der Waals surface area contributed by atoms with Crippen molar-refractivity contribution in [1.29, 1.82) is 0 Å². The summed E-state index contributed by atoms with van der Waals surface area (Å²) in [6.07, 6.45) is 2.49. The van der Waals surface area contributed by atoms with Gasteiger partial charge in [0.1, 0.15) is 11.4 Å². The third kappa shape index (κ3) is 3.60. The number of hydrogen-bond donors (Lipinski definition) is 3. The molecule has 1 aromatic carbocycles. The summed E-state index contributed by atoms with van der Waals surface area (Å²) in [5.41, 5.74) is 0.231. The fraction of sp³-hybridized carbons (Fsp3) is 0.125. The number of halogens is 3. The van der Waals surface area contributed by atoms with Crippen LogP contribution in [0.15, 0.2) is 48.8 Å². The van der Waals surface area contributed by atoms with E-state index in [0.717, 1.165) is 0 Å². The highest BCUT2D eigenvalue weighted by molar-refractivity contribution is 6.30. The summed E-state index contributed by atoms with van der Waals surface area (Å²) in [7, 11) is 0. The van der Waals surface area contributed by atoms with Gasteiger partial charge in [0.25, 0.3) is 0 Å². The van der Waals surface area contributed by atoms with Crippen molar-refractivity contribution in [2.24, 2.45) is 0 Å². The van der Waals surface area contributed by atoms with Crippen molar-refractivity contribution in [3.63, 3.8) is 0 Å². The zero-order valence-electron chi connectivity index (χ0n) is 12.5. The van der Waals surface area contributed by atoms with Gasteiger partial charge in [0.2, 0.25) is 5.79 Å². The van der Waals surface area contributed by atoms with Crippen LogP contribution in [0.4, 0.5) is 8.78 Å². The molecule has 0 saturated carbocycles.